The number of hydrogen-bond donors (Lipinski definition) is 0. The van der Waals surface area contributed by atoms with Crippen LogP contribution in [-0.2, 0) is 0 Å². The average Bonchev–Trinajstić information content (AvgIpc) is 2.98. The molecular weight excluding hydrogens is 420 g/mol. The van der Waals surface area contributed by atoms with E-state index in [1.807, 2.05) is 4.90 Å². The molecule has 2 aromatic rings. The SMILES string of the molecule is COc1cc(F)c(-c2nc(C)c(C(=O)N3CCC(N4CCCCCC4)CC3)s2)cc1F. The molecule has 31 heavy (non-hydrogen) atoms. The van der Waals surface area contributed by atoms with Gasteiger partial charge in [-0.15, -0.1) is 11.3 Å². The van der Waals surface area contributed by atoms with Gasteiger partial charge in [0, 0.05) is 30.8 Å². The van der Waals surface area contributed by atoms with Crippen molar-refractivity contribution in [1.29, 1.82) is 0 Å². The summed E-state index contributed by atoms with van der Waals surface area (Å²) in [5, 5.41) is 0.305. The Hall–Kier alpha value is -2.06. The Labute approximate surface area is 186 Å². The van der Waals surface area contributed by atoms with Crippen molar-refractivity contribution < 1.29 is 18.3 Å². The number of piperidine rings is 1. The zero-order chi connectivity index (χ0) is 22.0. The Balaban J connectivity index is 1.46. The molecule has 2 aliphatic heterocycles. The summed E-state index contributed by atoms with van der Waals surface area (Å²) in [6.45, 7) is 5.52. The highest BCUT2D eigenvalue weighted by Crippen LogP contribution is 2.34. The second-order valence-corrected chi connectivity index (χ2v) is 9.37. The van der Waals surface area contributed by atoms with Gasteiger partial charge in [-0.2, -0.15) is 0 Å². The van der Waals surface area contributed by atoms with Crippen LogP contribution in [-0.4, -0.2) is 60.0 Å². The van der Waals surface area contributed by atoms with E-state index in [0.29, 0.717) is 21.6 Å². The van der Waals surface area contributed by atoms with Crippen molar-refractivity contribution in [3.05, 3.63) is 34.3 Å². The summed E-state index contributed by atoms with van der Waals surface area (Å²) in [5.41, 5.74) is 0.598. The van der Waals surface area contributed by atoms with Gasteiger partial charge in [0.2, 0.25) is 0 Å². The third-order valence-corrected chi connectivity index (χ3v) is 7.55. The number of aromatic nitrogens is 1. The van der Waals surface area contributed by atoms with E-state index in [1.54, 1.807) is 6.92 Å². The van der Waals surface area contributed by atoms with Gasteiger partial charge in [-0.3, -0.25) is 4.79 Å². The fourth-order valence-electron chi connectivity index (χ4n) is 4.60. The molecule has 0 saturated carbocycles. The molecule has 5 nitrogen and oxygen atoms in total. The lowest BCUT2D eigenvalue weighted by Crippen LogP contribution is -2.47. The van der Waals surface area contributed by atoms with Gasteiger partial charge in [0.05, 0.1) is 12.8 Å². The molecule has 1 aromatic heterocycles. The van der Waals surface area contributed by atoms with Crippen LogP contribution in [0.3, 0.4) is 0 Å². The van der Waals surface area contributed by atoms with Crippen LogP contribution in [0, 0.1) is 18.6 Å². The van der Waals surface area contributed by atoms with E-state index in [0.717, 1.165) is 49.4 Å². The largest absolute Gasteiger partial charge is 0.494 e. The standard InChI is InChI=1S/C23H29F2N3O2S/c1-15-21(31-22(26-15)17-13-19(25)20(30-2)14-18(17)24)23(29)28-11-7-16(8-12-28)27-9-5-3-4-6-10-27/h13-14,16H,3-12H2,1-2H3. The minimum absolute atomic E-state index is 0.0466. The van der Waals surface area contributed by atoms with Crippen molar-refractivity contribution in [2.75, 3.05) is 33.3 Å². The molecule has 1 amide bonds. The molecule has 0 spiro atoms. The molecule has 168 valence electrons. The third-order valence-electron chi connectivity index (χ3n) is 6.37. The van der Waals surface area contributed by atoms with E-state index < -0.39 is 11.6 Å². The first-order valence-corrected chi connectivity index (χ1v) is 11.8. The summed E-state index contributed by atoms with van der Waals surface area (Å²) in [5.74, 6) is -1.50. The molecule has 0 unspecified atom stereocenters. The topological polar surface area (TPSA) is 45.7 Å². The number of rotatable bonds is 4. The van der Waals surface area contributed by atoms with E-state index in [9.17, 15) is 13.6 Å². The highest BCUT2D eigenvalue weighted by molar-refractivity contribution is 7.17. The predicted molar refractivity (Wildman–Crippen MR) is 118 cm³/mol. The van der Waals surface area contributed by atoms with Gasteiger partial charge >= 0.3 is 0 Å². The highest BCUT2D eigenvalue weighted by atomic mass is 32.1. The van der Waals surface area contributed by atoms with Gasteiger partial charge in [-0.25, -0.2) is 13.8 Å². The molecule has 0 radical (unpaired) electrons. The quantitative estimate of drug-likeness (QED) is 0.667. The second-order valence-electron chi connectivity index (χ2n) is 8.37. The zero-order valence-electron chi connectivity index (χ0n) is 18.1. The molecular formula is C23H29F2N3O2S. The predicted octanol–water partition coefficient (Wildman–Crippen LogP) is 4.89. The second kappa shape index (κ2) is 9.61. The normalized spacial score (nSPS) is 18.8. The Morgan fingerprint density at radius 3 is 2.39 bits per heavy atom. The van der Waals surface area contributed by atoms with E-state index in [-0.39, 0.29) is 17.2 Å². The number of carbonyl (C=O) groups is 1. The number of likely N-dealkylation sites (tertiary alicyclic amines) is 2. The van der Waals surface area contributed by atoms with E-state index in [2.05, 4.69) is 9.88 Å². The number of amides is 1. The van der Waals surface area contributed by atoms with E-state index in [4.69, 9.17) is 4.74 Å². The Bertz CT molecular complexity index is 933. The smallest absolute Gasteiger partial charge is 0.265 e. The van der Waals surface area contributed by atoms with Crippen LogP contribution in [0.5, 0.6) is 5.75 Å². The number of aryl methyl sites for hydroxylation is 1. The van der Waals surface area contributed by atoms with Crippen molar-refractivity contribution in [2.45, 2.75) is 51.5 Å². The molecule has 8 heteroatoms. The fourth-order valence-corrected chi connectivity index (χ4v) is 5.65. The fraction of sp³-hybridized carbons (Fsp3) is 0.565. The maximum absolute atomic E-state index is 14.5. The lowest BCUT2D eigenvalue weighted by Gasteiger charge is -2.38. The number of methoxy groups -OCH3 is 1. The van der Waals surface area contributed by atoms with Crippen molar-refractivity contribution in [3.8, 4) is 16.3 Å². The van der Waals surface area contributed by atoms with E-state index >= 15 is 0 Å². The monoisotopic (exact) mass is 449 g/mol. The molecule has 0 bridgehead atoms. The van der Waals surface area contributed by atoms with Gasteiger partial charge in [-0.05, 0) is 51.8 Å². The van der Waals surface area contributed by atoms with Gasteiger partial charge in [-0.1, -0.05) is 12.8 Å². The highest BCUT2D eigenvalue weighted by Gasteiger charge is 2.30. The molecule has 2 saturated heterocycles. The number of carbonyl (C=O) groups excluding carboxylic acids is 1. The van der Waals surface area contributed by atoms with Crippen LogP contribution in [0.4, 0.5) is 8.78 Å². The first-order valence-electron chi connectivity index (χ1n) is 11.0. The Morgan fingerprint density at radius 2 is 1.74 bits per heavy atom. The summed E-state index contributed by atoms with van der Waals surface area (Å²) >= 11 is 1.12. The summed E-state index contributed by atoms with van der Waals surface area (Å²) in [4.78, 5) is 22.5. The summed E-state index contributed by atoms with van der Waals surface area (Å²) in [7, 11) is 1.29. The van der Waals surface area contributed by atoms with Gasteiger partial charge < -0.3 is 14.5 Å². The molecule has 0 atom stereocenters. The van der Waals surface area contributed by atoms with Crippen molar-refractivity contribution in [2.24, 2.45) is 0 Å². The summed E-state index contributed by atoms with van der Waals surface area (Å²) < 4.78 is 33.4. The molecule has 0 N–H and O–H groups in total. The summed E-state index contributed by atoms with van der Waals surface area (Å²) in [6, 6.07) is 2.64. The summed E-state index contributed by atoms with van der Waals surface area (Å²) in [6.07, 6.45) is 7.14. The van der Waals surface area contributed by atoms with Crippen LogP contribution in [0.1, 0.15) is 53.9 Å². The van der Waals surface area contributed by atoms with E-state index in [1.165, 1.54) is 45.9 Å². The minimum Gasteiger partial charge on any atom is -0.494 e. The van der Waals surface area contributed by atoms with Crippen LogP contribution in [0.25, 0.3) is 10.6 Å². The van der Waals surface area contributed by atoms with Gasteiger partial charge in [0.1, 0.15) is 15.7 Å². The molecule has 4 rings (SSSR count). The first kappa shape index (κ1) is 22.1. The van der Waals surface area contributed by atoms with Gasteiger partial charge in [0.15, 0.2) is 11.6 Å². The number of halogens is 2. The first-order chi connectivity index (χ1) is 15.0. The minimum atomic E-state index is -0.657. The van der Waals surface area contributed by atoms with Crippen molar-refractivity contribution >= 4 is 17.2 Å². The van der Waals surface area contributed by atoms with Crippen molar-refractivity contribution in [3.63, 3.8) is 0 Å². The third kappa shape index (κ3) is 4.75. The Kier molecular flexibility index (Phi) is 6.86. The maximum atomic E-state index is 14.5. The lowest BCUT2D eigenvalue weighted by atomic mass is 10.0. The van der Waals surface area contributed by atoms with Gasteiger partial charge in [0.25, 0.3) is 5.91 Å². The number of hydrogen-bond acceptors (Lipinski definition) is 5. The van der Waals surface area contributed by atoms with Crippen LogP contribution in [0.2, 0.25) is 0 Å². The molecule has 1 aromatic carbocycles. The Morgan fingerprint density at radius 1 is 1.06 bits per heavy atom. The molecule has 0 aliphatic carbocycles. The molecule has 3 heterocycles. The average molecular weight is 450 g/mol. The maximum Gasteiger partial charge on any atom is 0.265 e. The van der Waals surface area contributed by atoms with Crippen LogP contribution >= 0.6 is 11.3 Å². The number of thiazole rings is 1. The zero-order valence-corrected chi connectivity index (χ0v) is 18.9. The number of benzene rings is 1. The van der Waals surface area contributed by atoms with Crippen LogP contribution < -0.4 is 4.74 Å². The number of nitrogens with zero attached hydrogens (tertiary/aromatic N) is 3. The molecule has 2 aliphatic rings. The lowest BCUT2D eigenvalue weighted by molar-refractivity contribution is 0.0626. The number of ether oxygens (including phenoxy) is 1. The van der Waals surface area contributed by atoms with Crippen molar-refractivity contribution in [1.82, 2.24) is 14.8 Å². The molecule has 2 fully saturated rings. The van der Waals surface area contributed by atoms with Crippen LogP contribution in [0.15, 0.2) is 12.1 Å².